The number of benzene rings is 1. The van der Waals surface area contributed by atoms with Gasteiger partial charge < -0.3 is 5.32 Å². The van der Waals surface area contributed by atoms with Crippen molar-refractivity contribution in [1.29, 1.82) is 0 Å². The van der Waals surface area contributed by atoms with Gasteiger partial charge >= 0.3 is 0 Å². The van der Waals surface area contributed by atoms with Gasteiger partial charge in [-0.25, -0.2) is 8.78 Å². The molecule has 1 saturated heterocycles. The number of thioether (sulfide) groups is 1. The van der Waals surface area contributed by atoms with Gasteiger partial charge in [0.1, 0.15) is 17.3 Å². The second-order valence-corrected chi connectivity index (χ2v) is 5.20. The number of hydrogen-bond donors (Lipinski definition) is 1. The largest absolute Gasteiger partial charge is 0.321 e. The summed E-state index contributed by atoms with van der Waals surface area (Å²) in [6, 6.07) is 3.54. The van der Waals surface area contributed by atoms with E-state index in [-0.39, 0.29) is 17.5 Å². The van der Waals surface area contributed by atoms with E-state index >= 15 is 0 Å². The Morgan fingerprint density at radius 1 is 1.24 bits per heavy atom. The molecular formula is C12H13F2NOS. The van der Waals surface area contributed by atoms with Gasteiger partial charge in [0.15, 0.2) is 0 Å². The highest BCUT2D eigenvalue weighted by Gasteiger charge is 2.23. The van der Waals surface area contributed by atoms with E-state index in [1.54, 1.807) is 11.8 Å². The highest BCUT2D eigenvalue weighted by Crippen LogP contribution is 2.25. The smallest absolute Gasteiger partial charge is 0.227 e. The lowest BCUT2D eigenvalue weighted by atomic mass is 10.0. The summed E-state index contributed by atoms with van der Waals surface area (Å²) in [5.74, 6) is -0.0213. The van der Waals surface area contributed by atoms with Crippen LogP contribution in [-0.2, 0) is 4.79 Å². The molecule has 0 atom stereocenters. The van der Waals surface area contributed by atoms with Gasteiger partial charge in [0, 0.05) is 5.92 Å². The van der Waals surface area contributed by atoms with Crippen LogP contribution in [0.25, 0.3) is 0 Å². The molecule has 17 heavy (non-hydrogen) atoms. The van der Waals surface area contributed by atoms with Crippen LogP contribution in [0.4, 0.5) is 14.5 Å². The number of nitrogens with one attached hydrogen (secondary N) is 1. The zero-order valence-corrected chi connectivity index (χ0v) is 10.0. The average molecular weight is 257 g/mol. The third kappa shape index (κ3) is 2.97. The predicted molar refractivity (Wildman–Crippen MR) is 65.0 cm³/mol. The third-order valence-corrected chi connectivity index (χ3v) is 3.85. The molecular weight excluding hydrogens is 244 g/mol. The maximum atomic E-state index is 13.3. The maximum absolute atomic E-state index is 13.3. The van der Waals surface area contributed by atoms with E-state index in [0.29, 0.717) is 0 Å². The Labute approximate surface area is 103 Å². The fourth-order valence-electron chi connectivity index (χ4n) is 1.80. The molecule has 92 valence electrons. The molecule has 5 heteroatoms. The van der Waals surface area contributed by atoms with Crippen LogP contribution in [0, 0.1) is 17.6 Å². The zero-order chi connectivity index (χ0) is 12.3. The summed E-state index contributed by atoms with van der Waals surface area (Å²) in [6.45, 7) is 0. The molecule has 0 bridgehead atoms. The number of hydrogen-bond acceptors (Lipinski definition) is 2. The Bertz CT molecular complexity index is 399. The van der Waals surface area contributed by atoms with Gasteiger partial charge in [-0.05, 0) is 36.5 Å². The summed E-state index contributed by atoms with van der Waals surface area (Å²) in [5, 5.41) is 2.35. The molecule has 0 saturated carbocycles. The molecule has 1 aromatic rings. The standard InChI is InChI=1S/C12H13F2NOS/c13-9-2-1-3-10(14)11(9)15-12(16)8-4-6-17-7-5-8/h1-3,8H,4-7H2,(H,15,16). The first-order chi connectivity index (χ1) is 8.18. The second-order valence-electron chi connectivity index (χ2n) is 3.97. The minimum Gasteiger partial charge on any atom is -0.321 e. The highest BCUT2D eigenvalue weighted by atomic mass is 32.2. The number of halogens is 2. The van der Waals surface area contributed by atoms with Crippen molar-refractivity contribution < 1.29 is 13.6 Å². The summed E-state index contributed by atoms with van der Waals surface area (Å²) >= 11 is 1.80. The molecule has 1 N–H and O–H groups in total. The van der Waals surface area contributed by atoms with Crippen LogP contribution in [0.2, 0.25) is 0 Å². The maximum Gasteiger partial charge on any atom is 0.227 e. The van der Waals surface area contributed by atoms with Crippen molar-refractivity contribution >= 4 is 23.4 Å². The molecule has 0 spiro atoms. The molecule has 2 nitrogen and oxygen atoms in total. The number of carbonyl (C=O) groups is 1. The molecule has 2 rings (SSSR count). The molecule has 1 aromatic carbocycles. The van der Waals surface area contributed by atoms with Gasteiger partial charge in [-0.15, -0.1) is 0 Å². The first-order valence-corrected chi connectivity index (χ1v) is 6.66. The third-order valence-electron chi connectivity index (χ3n) is 2.80. The molecule has 0 aliphatic carbocycles. The van der Waals surface area contributed by atoms with E-state index in [0.717, 1.165) is 36.5 Å². The highest BCUT2D eigenvalue weighted by molar-refractivity contribution is 7.99. The van der Waals surface area contributed by atoms with Gasteiger partial charge in [-0.2, -0.15) is 11.8 Å². The minimum absolute atomic E-state index is 0.129. The second kappa shape index (κ2) is 5.49. The summed E-state index contributed by atoms with van der Waals surface area (Å²) in [7, 11) is 0. The molecule has 1 fully saturated rings. The van der Waals surface area contributed by atoms with Gasteiger partial charge in [0.2, 0.25) is 5.91 Å². The average Bonchev–Trinajstić information content (AvgIpc) is 2.35. The van der Waals surface area contributed by atoms with E-state index in [1.165, 1.54) is 6.07 Å². The van der Waals surface area contributed by atoms with Crippen molar-refractivity contribution in [2.45, 2.75) is 12.8 Å². The first-order valence-electron chi connectivity index (χ1n) is 5.51. The molecule has 1 aliphatic heterocycles. The summed E-state index contributed by atoms with van der Waals surface area (Å²) in [6.07, 6.45) is 1.54. The van der Waals surface area contributed by atoms with E-state index in [2.05, 4.69) is 5.32 Å². The van der Waals surface area contributed by atoms with E-state index in [9.17, 15) is 13.6 Å². The molecule has 0 unspecified atom stereocenters. The molecule has 0 radical (unpaired) electrons. The van der Waals surface area contributed by atoms with E-state index in [1.807, 2.05) is 0 Å². The number of para-hydroxylation sites is 1. The lowest BCUT2D eigenvalue weighted by molar-refractivity contribution is -0.120. The lowest BCUT2D eigenvalue weighted by Gasteiger charge is -2.20. The number of anilines is 1. The SMILES string of the molecule is O=C(Nc1c(F)cccc1F)C1CCSCC1. The first kappa shape index (κ1) is 12.4. The lowest BCUT2D eigenvalue weighted by Crippen LogP contribution is -2.27. The minimum atomic E-state index is -0.733. The van der Waals surface area contributed by atoms with Crippen LogP contribution in [0.5, 0.6) is 0 Å². The topological polar surface area (TPSA) is 29.1 Å². The van der Waals surface area contributed by atoms with E-state index < -0.39 is 11.6 Å². The van der Waals surface area contributed by atoms with Gasteiger partial charge in [0.05, 0.1) is 0 Å². The molecule has 1 aliphatic rings. The van der Waals surface area contributed by atoms with Crippen LogP contribution in [-0.4, -0.2) is 17.4 Å². The fourth-order valence-corrected chi connectivity index (χ4v) is 2.91. The monoisotopic (exact) mass is 257 g/mol. The summed E-state index contributed by atoms with van der Waals surface area (Å²) in [4.78, 5) is 11.8. The molecule has 1 heterocycles. The van der Waals surface area contributed by atoms with Crippen LogP contribution in [0.1, 0.15) is 12.8 Å². The Hall–Kier alpha value is -1.10. The van der Waals surface area contributed by atoms with Crippen molar-refractivity contribution in [3.8, 4) is 0 Å². The molecule has 0 aromatic heterocycles. The summed E-state index contributed by atoms with van der Waals surface area (Å²) in [5.41, 5.74) is -0.337. The van der Waals surface area contributed by atoms with Crippen LogP contribution in [0.15, 0.2) is 18.2 Å². The van der Waals surface area contributed by atoms with Gasteiger partial charge in [-0.1, -0.05) is 6.07 Å². The molecule has 1 amide bonds. The normalized spacial score (nSPS) is 16.8. The Morgan fingerprint density at radius 3 is 2.41 bits per heavy atom. The number of rotatable bonds is 2. The number of carbonyl (C=O) groups excluding carboxylic acids is 1. The zero-order valence-electron chi connectivity index (χ0n) is 9.21. The Kier molecular flexibility index (Phi) is 3.99. The van der Waals surface area contributed by atoms with Crippen molar-refractivity contribution in [2.24, 2.45) is 5.92 Å². The van der Waals surface area contributed by atoms with Crippen LogP contribution < -0.4 is 5.32 Å². The van der Waals surface area contributed by atoms with Gasteiger partial charge in [0.25, 0.3) is 0 Å². The van der Waals surface area contributed by atoms with E-state index in [4.69, 9.17) is 0 Å². The summed E-state index contributed by atoms with van der Waals surface area (Å²) < 4.78 is 26.6. The van der Waals surface area contributed by atoms with Crippen molar-refractivity contribution in [3.63, 3.8) is 0 Å². The van der Waals surface area contributed by atoms with Crippen LogP contribution >= 0.6 is 11.8 Å². The fraction of sp³-hybridized carbons (Fsp3) is 0.417. The van der Waals surface area contributed by atoms with Crippen LogP contribution in [0.3, 0.4) is 0 Å². The Balaban J connectivity index is 2.07. The van der Waals surface area contributed by atoms with Gasteiger partial charge in [-0.3, -0.25) is 4.79 Å². The number of amides is 1. The van der Waals surface area contributed by atoms with Crippen molar-refractivity contribution in [1.82, 2.24) is 0 Å². The predicted octanol–water partition coefficient (Wildman–Crippen LogP) is 3.05. The van der Waals surface area contributed by atoms with Crippen molar-refractivity contribution in [3.05, 3.63) is 29.8 Å². The quantitative estimate of drug-likeness (QED) is 0.882. The Morgan fingerprint density at radius 2 is 1.82 bits per heavy atom. The van der Waals surface area contributed by atoms with Crippen molar-refractivity contribution in [2.75, 3.05) is 16.8 Å².